The highest BCUT2D eigenvalue weighted by Crippen LogP contribution is 2.31. The Balaban J connectivity index is 1.37. The Hall–Kier alpha value is -5.16. The molecule has 5 heteroatoms. The molecule has 4 aromatic carbocycles. The van der Waals surface area contributed by atoms with Gasteiger partial charge in [0.05, 0.1) is 11.0 Å². The standard InChI is InChI=1S/C32H21N5/c1-3-11-22(12-4-1)30-34-31(23-13-5-2-6-14-23)36-32(35-30)24-19-20-29(33-21-24)37-27-17-9-7-15-25(27)26-16-8-10-18-28(26)37/h1-21H. The van der Waals surface area contributed by atoms with Gasteiger partial charge in [-0.1, -0.05) is 97.1 Å². The van der Waals surface area contributed by atoms with Gasteiger partial charge in [-0.25, -0.2) is 19.9 Å². The van der Waals surface area contributed by atoms with Crippen molar-refractivity contribution in [3.8, 4) is 40.0 Å². The fraction of sp³-hybridized carbons (Fsp3) is 0. The maximum Gasteiger partial charge on any atom is 0.165 e. The van der Waals surface area contributed by atoms with Crippen molar-refractivity contribution >= 4 is 21.8 Å². The summed E-state index contributed by atoms with van der Waals surface area (Å²) in [5, 5.41) is 2.42. The van der Waals surface area contributed by atoms with E-state index in [9.17, 15) is 0 Å². The van der Waals surface area contributed by atoms with Gasteiger partial charge in [0.25, 0.3) is 0 Å². The van der Waals surface area contributed by atoms with Crippen molar-refractivity contribution in [1.29, 1.82) is 0 Å². The highest BCUT2D eigenvalue weighted by Gasteiger charge is 2.15. The number of hydrogen-bond donors (Lipinski definition) is 0. The van der Waals surface area contributed by atoms with Crippen LogP contribution in [0.15, 0.2) is 128 Å². The number of rotatable bonds is 4. The fourth-order valence-corrected chi connectivity index (χ4v) is 4.76. The number of nitrogens with zero attached hydrogens (tertiary/aromatic N) is 5. The first kappa shape index (κ1) is 21.1. The van der Waals surface area contributed by atoms with Crippen LogP contribution in [0.2, 0.25) is 0 Å². The third kappa shape index (κ3) is 3.74. The minimum atomic E-state index is 0.592. The van der Waals surface area contributed by atoms with Gasteiger partial charge in [0.15, 0.2) is 17.5 Å². The monoisotopic (exact) mass is 475 g/mol. The van der Waals surface area contributed by atoms with Crippen LogP contribution in [-0.2, 0) is 0 Å². The maximum absolute atomic E-state index is 4.87. The van der Waals surface area contributed by atoms with Crippen molar-refractivity contribution in [1.82, 2.24) is 24.5 Å². The first-order chi connectivity index (χ1) is 18.3. The molecule has 0 fully saturated rings. The van der Waals surface area contributed by atoms with E-state index in [-0.39, 0.29) is 0 Å². The summed E-state index contributed by atoms with van der Waals surface area (Å²) >= 11 is 0. The lowest BCUT2D eigenvalue weighted by molar-refractivity contribution is 1.05. The van der Waals surface area contributed by atoms with Crippen molar-refractivity contribution in [2.75, 3.05) is 0 Å². The zero-order valence-corrected chi connectivity index (χ0v) is 19.9. The van der Waals surface area contributed by atoms with E-state index in [1.165, 1.54) is 10.8 Å². The molecule has 0 amide bonds. The summed E-state index contributed by atoms with van der Waals surface area (Å²) in [6.45, 7) is 0. The third-order valence-electron chi connectivity index (χ3n) is 6.51. The molecule has 0 N–H and O–H groups in total. The van der Waals surface area contributed by atoms with E-state index in [0.29, 0.717) is 17.5 Å². The average Bonchev–Trinajstić information content (AvgIpc) is 3.32. The van der Waals surface area contributed by atoms with Crippen LogP contribution in [0.5, 0.6) is 0 Å². The Morgan fingerprint density at radius 1 is 0.405 bits per heavy atom. The van der Waals surface area contributed by atoms with Crippen LogP contribution < -0.4 is 0 Å². The third-order valence-corrected chi connectivity index (χ3v) is 6.51. The highest BCUT2D eigenvalue weighted by molar-refractivity contribution is 6.09. The van der Waals surface area contributed by atoms with Crippen molar-refractivity contribution in [2.45, 2.75) is 0 Å². The lowest BCUT2D eigenvalue weighted by Crippen LogP contribution is -2.01. The number of fused-ring (bicyclic) bond motifs is 3. The molecule has 3 heterocycles. The quantitative estimate of drug-likeness (QED) is 0.267. The molecular weight excluding hydrogens is 454 g/mol. The zero-order valence-electron chi connectivity index (χ0n) is 19.9. The predicted molar refractivity (Wildman–Crippen MR) is 148 cm³/mol. The molecule has 5 nitrogen and oxygen atoms in total. The molecule has 37 heavy (non-hydrogen) atoms. The summed E-state index contributed by atoms with van der Waals surface area (Å²) < 4.78 is 2.20. The second kappa shape index (κ2) is 8.81. The molecule has 0 atom stereocenters. The zero-order chi connectivity index (χ0) is 24.6. The van der Waals surface area contributed by atoms with Gasteiger partial charge in [-0.2, -0.15) is 0 Å². The van der Waals surface area contributed by atoms with Crippen molar-refractivity contribution < 1.29 is 0 Å². The molecule has 3 aromatic heterocycles. The van der Waals surface area contributed by atoms with Gasteiger partial charge in [0.2, 0.25) is 0 Å². The van der Waals surface area contributed by atoms with E-state index >= 15 is 0 Å². The number of hydrogen-bond acceptors (Lipinski definition) is 4. The Morgan fingerprint density at radius 3 is 1.35 bits per heavy atom. The summed E-state index contributed by atoms with van der Waals surface area (Å²) in [7, 11) is 0. The van der Waals surface area contributed by atoms with Crippen molar-refractivity contribution in [3.63, 3.8) is 0 Å². The van der Waals surface area contributed by atoms with Crippen LogP contribution in [-0.4, -0.2) is 24.5 Å². The SMILES string of the molecule is c1ccc(-c2nc(-c3ccccc3)nc(-c3ccc(-n4c5ccccc5c5ccccc54)nc3)n2)cc1. The van der Waals surface area contributed by atoms with Crippen molar-refractivity contribution in [2.24, 2.45) is 0 Å². The molecule has 0 saturated heterocycles. The first-order valence-electron chi connectivity index (χ1n) is 12.2. The lowest BCUT2D eigenvalue weighted by atomic mass is 10.1. The molecule has 0 aliphatic carbocycles. The van der Waals surface area contributed by atoms with Gasteiger partial charge in [-0.15, -0.1) is 0 Å². The minimum Gasteiger partial charge on any atom is -0.294 e. The molecular formula is C32H21N5. The van der Waals surface area contributed by atoms with E-state index in [1.54, 1.807) is 0 Å². The second-order valence-electron chi connectivity index (χ2n) is 8.81. The van der Waals surface area contributed by atoms with Crippen LogP contribution in [0.25, 0.3) is 61.8 Å². The van der Waals surface area contributed by atoms with Crippen LogP contribution in [0.1, 0.15) is 0 Å². The van der Waals surface area contributed by atoms with E-state index < -0.39 is 0 Å². The Morgan fingerprint density at radius 2 is 0.865 bits per heavy atom. The molecule has 0 aliphatic heterocycles. The summed E-state index contributed by atoms with van der Waals surface area (Å²) in [6.07, 6.45) is 1.84. The lowest BCUT2D eigenvalue weighted by Gasteiger charge is -2.10. The molecule has 0 bridgehead atoms. The van der Waals surface area contributed by atoms with Gasteiger partial charge in [-0.3, -0.25) is 4.57 Å². The molecule has 7 aromatic rings. The summed E-state index contributed by atoms with van der Waals surface area (Å²) in [5.41, 5.74) is 4.97. The summed E-state index contributed by atoms with van der Waals surface area (Å²) in [5.74, 6) is 2.71. The Bertz CT molecular complexity index is 1750. The molecule has 0 spiro atoms. The predicted octanol–water partition coefficient (Wildman–Crippen LogP) is 7.36. The Kier molecular flexibility index (Phi) is 5.03. The van der Waals surface area contributed by atoms with E-state index in [2.05, 4.69) is 53.1 Å². The first-order valence-corrected chi connectivity index (χ1v) is 12.2. The number of pyridine rings is 1. The molecule has 0 radical (unpaired) electrons. The number of para-hydroxylation sites is 2. The molecule has 0 saturated carbocycles. The molecule has 7 rings (SSSR count). The van der Waals surface area contributed by atoms with E-state index in [1.807, 2.05) is 79.0 Å². The van der Waals surface area contributed by atoms with Gasteiger partial charge in [0.1, 0.15) is 5.82 Å². The van der Waals surface area contributed by atoms with Gasteiger partial charge >= 0.3 is 0 Å². The van der Waals surface area contributed by atoms with Gasteiger partial charge in [0, 0.05) is 33.7 Å². The molecule has 174 valence electrons. The molecule has 0 aliphatic rings. The fourth-order valence-electron chi connectivity index (χ4n) is 4.76. The van der Waals surface area contributed by atoms with E-state index in [4.69, 9.17) is 19.9 Å². The van der Waals surface area contributed by atoms with Crippen LogP contribution in [0.3, 0.4) is 0 Å². The summed E-state index contributed by atoms with van der Waals surface area (Å²) in [4.78, 5) is 19.3. The summed E-state index contributed by atoms with van der Waals surface area (Å²) in [6, 6.07) is 40.9. The topological polar surface area (TPSA) is 56.5 Å². The smallest absolute Gasteiger partial charge is 0.165 e. The highest BCUT2D eigenvalue weighted by atomic mass is 15.1. The van der Waals surface area contributed by atoms with Crippen LogP contribution in [0.4, 0.5) is 0 Å². The number of aromatic nitrogens is 5. The van der Waals surface area contributed by atoms with Gasteiger partial charge in [-0.05, 0) is 24.3 Å². The van der Waals surface area contributed by atoms with Crippen molar-refractivity contribution in [3.05, 3.63) is 128 Å². The second-order valence-corrected chi connectivity index (χ2v) is 8.81. The minimum absolute atomic E-state index is 0.592. The van der Waals surface area contributed by atoms with Crippen LogP contribution >= 0.6 is 0 Å². The number of benzene rings is 4. The average molecular weight is 476 g/mol. The van der Waals surface area contributed by atoms with Gasteiger partial charge < -0.3 is 0 Å². The molecule has 0 unspecified atom stereocenters. The largest absolute Gasteiger partial charge is 0.294 e. The normalized spacial score (nSPS) is 11.2. The van der Waals surface area contributed by atoms with E-state index in [0.717, 1.165) is 33.5 Å². The maximum atomic E-state index is 4.87. The Labute approximate surface area is 213 Å². The van der Waals surface area contributed by atoms with Crippen LogP contribution in [0, 0.1) is 0 Å².